The van der Waals surface area contributed by atoms with Crippen molar-refractivity contribution >= 4 is 44.6 Å². The number of carboxylic acids is 1. The Kier molecular flexibility index (Phi) is 5.96. The van der Waals surface area contributed by atoms with Gasteiger partial charge < -0.3 is 19.0 Å². The van der Waals surface area contributed by atoms with E-state index in [1.165, 1.54) is 0 Å². The number of para-hydroxylation sites is 2. The smallest absolute Gasteiger partial charge is 0.341 e. The lowest BCUT2D eigenvalue weighted by atomic mass is 10.1. The Hall–Kier alpha value is -3.31. The number of ether oxygens (including phenoxy) is 2. The van der Waals surface area contributed by atoms with Gasteiger partial charge >= 0.3 is 5.97 Å². The first-order chi connectivity index (χ1) is 13.5. The van der Waals surface area contributed by atoms with Crippen molar-refractivity contribution in [3.63, 3.8) is 0 Å². The van der Waals surface area contributed by atoms with Gasteiger partial charge in [-0.15, -0.1) is 0 Å². The average Bonchev–Trinajstić information content (AvgIpc) is 3.09. The third-order valence-corrected chi connectivity index (χ3v) is 4.22. The summed E-state index contributed by atoms with van der Waals surface area (Å²) in [6.07, 6.45) is 1.61. The monoisotopic (exact) mass is 442 g/mol. The Morgan fingerprint density at radius 1 is 1.36 bits per heavy atom. The molecule has 0 aliphatic rings. The minimum absolute atomic E-state index is 0.212. The fourth-order valence-corrected chi connectivity index (χ4v) is 3.08. The molecule has 3 aromatic rings. The number of nitriles is 1. The van der Waals surface area contributed by atoms with Gasteiger partial charge in [-0.25, -0.2) is 9.78 Å². The maximum atomic E-state index is 10.8. The molecule has 2 aromatic carbocycles. The molecule has 28 heavy (non-hydrogen) atoms. The van der Waals surface area contributed by atoms with E-state index in [0.717, 1.165) is 0 Å². The number of hydrogen-bond donors (Lipinski definition) is 1. The lowest BCUT2D eigenvalue weighted by Crippen LogP contribution is -2.10. The van der Waals surface area contributed by atoms with Crippen molar-refractivity contribution in [2.24, 2.45) is 0 Å². The maximum Gasteiger partial charge on any atom is 0.341 e. The highest BCUT2D eigenvalue weighted by Crippen LogP contribution is 2.38. The van der Waals surface area contributed by atoms with Gasteiger partial charge in [-0.3, -0.25) is 0 Å². The van der Waals surface area contributed by atoms with Crippen LogP contribution in [-0.4, -0.2) is 29.3 Å². The van der Waals surface area contributed by atoms with E-state index in [0.29, 0.717) is 33.5 Å². The summed E-state index contributed by atoms with van der Waals surface area (Å²) in [7, 11) is 0. The van der Waals surface area contributed by atoms with E-state index in [-0.39, 0.29) is 17.2 Å². The summed E-state index contributed by atoms with van der Waals surface area (Å²) in [5, 5.41) is 18.4. The van der Waals surface area contributed by atoms with Crippen molar-refractivity contribution in [3.8, 4) is 17.6 Å². The van der Waals surface area contributed by atoms with Crippen molar-refractivity contribution in [2.75, 3.05) is 13.2 Å². The molecule has 0 bridgehead atoms. The van der Waals surface area contributed by atoms with Crippen LogP contribution in [0, 0.1) is 11.3 Å². The van der Waals surface area contributed by atoms with E-state index in [4.69, 9.17) is 19.0 Å². The first kappa shape index (κ1) is 19.5. The van der Waals surface area contributed by atoms with Crippen molar-refractivity contribution in [1.82, 2.24) is 4.98 Å². The van der Waals surface area contributed by atoms with Gasteiger partial charge in [-0.1, -0.05) is 12.1 Å². The van der Waals surface area contributed by atoms with Crippen LogP contribution in [0.25, 0.3) is 22.7 Å². The lowest BCUT2D eigenvalue weighted by molar-refractivity contribution is -0.139. The van der Waals surface area contributed by atoms with Crippen LogP contribution in [-0.2, 0) is 4.79 Å². The molecule has 0 atom stereocenters. The van der Waals surface area contributed by atoms with Crippen molar-refractivity contribution in [3.05, 3.63) is 52.3 Å². The van der Waals surface area contributed by atoms with Crippen molar-refractivity contribution < 1.29 is 23.8 Å². The van der Waals surface area contributed by atoms with Crippen LogP contribution in [0.1, 0.15) is 18.4 Å². The van der Waals surface area contributed by atoms with Gasteiger partial charge in [0.1, 0.15) is 17.2 Å². The van der Waals surface area contributed by atoms with Gasteiger partial charge in [0, 0.05) is 0 Å². The van der Waals surface area contributed by atoms with Gasteiger partial charge in [0.05, 0.1) is 11.1 Å². The number of allylic oxidation sites excluding steroid dienone is 1. The molecule has 0 aliphatic heterocycles. The molecular weight excluding hydrogens is 428 g/mol. The first-order valence-corrected chi connectivity index (χ1v) is 9.09. The maximum absolute atomic E-state index is 10.8. The predicted octanol–water partition coefficient (Wildman–Crippen LogP) is 4.52. The predicted molar refractivity (Wildman–Crippen MR) is 106 cm³/mol. The number of carbonyl (C=O) groups is 1. The second-order valence-electron chi connectivity index (χ2n) is 5.60. The summed E-state index contributed by atoms with van der Waals surface area (Å²) >= 11 is 3.37. The average molecular weight is 443 g/mol. The molecule has 1 heterocycles. The number of aromatic nitrogens is 1. The zero-order chi connectivity index (χ0) is 20.1. The minimum atomic E-state index is -1.10. The quantitative estimate of drug-likeness (QED) is 0.536. The molecule has 0 radical (unpaired) electrons. The largest absolute Gasteiger partial charge is 0.490 e. The topological polar surface area (TPSA) is 106 Å². The summed E-state index contributed by atoms with van der Waals surface area (Å²) in [5.41, 5.74) is 2.13. The van der Waals surface area contributed by atoms with Gasteiger partial charge in [0.2, 0.25) is 5.89 Å². The molecule has 142 valence electrons. The molecule has 0 spiro atoms. The van der Waals surface area contributed by atoms with Crippen LogP contribution in [0.4, 0.5) is 0 Å². The highest BCUT2D eigenvalue weighted by Gasteiger charge is 2.15. The standard InChI is InChI=1S/C20H15BrN2O5/c1-2-26-17-9-12(8-14(21)19(17)27-11-18(24)25)7-13(10-22)20-23-15-5-3-4-6-16(15)28-20/h3-9H,2,11H2,1H3,(H,24,25)/b13-7+. The number of aliphatic carboxylic acids is 1. The normalized spacial score (nSPS) is 11.2. The Morgan fingerprint density at radius 2 is 2.14 bits per heavy atom. The lowest BCUT2D eigenvalue weighted by Gasteiger charge is -2.13. The van der Waals surface area contributed by atoms with Crippen molar-refractivity contribution in [2.45, 2.75) is 6.92 Å². The number of hydrogen-bond acceptors (Lipinski definition) is 6. The number of rotatable bonds is 7. The molecule has 0 aliphatic carbocycles. The van der Waals surface area contributed by atoms with Crippen LogP contribution in [0.5, 0.6) is 11.5 Å². The molecule has 0 unspecified atom stereocenters. The van der Waals surface area contributed by atoms with E-state index in [1.807, 2.05) is 12.1 Å². The fourth-order valence-electron chi connectivity index (χ4n) is 2.50. The molecule has 0 amide bonds. The number of carboxylic acid groups (broad SMARTS) is 1. The summed E-state index contributed by atoms with van der Waals surface area (Å²) in [6, 6.07) is 12.7. The van der Waals surface area contributed by atoms with E-state index in [9.17, 15) is 10.1 Å². The van der Waals surface area contributed by atoms with E-state index >= 15 is 0 Å². The van der Waals surface area contributed by atoms with Crippen LogP contribution in [0.3, 0.4) is 0 Å². The zero-order valence-electron chi connectivity index (χ0n) is 14.8. The first-order valence-electron chi connectivity index (χ1n) is 8.30. The van der Waals surface area contributed by atoms with Gasteiger partial charge in [-0.05, 0) is 58.8 Å². The molecule has 8 heteroatoms. The molecule has 1 N–H and O–H groups in total. The Labute approximate surface area is 168 Å². The Balaban J connectivity index is 2.01. The van der Waals surface area contributed by atoms with E-state index in [1.54, 1.807) is 37.3 Å². The second-order valence-corrected chi connectivity index (χ2v) is 6.46. The number of oxazole rings is 1. The molecule has 1 aromatic heterocycles. The summed E-state index contributed by atoms with van der Waals surface area (Å²) < 4.78 is 17.0. The Bertz CT molecular complexity index is 1060. The summed E-state index contributed by atoms with van der Waals surface area (Å²) in [5.74, 6) is -0.244. The number of nitrogens with zero attached hydrogens (tertiary/aromatic N) is 2. The van der Waals surface area contributed by atoms with Gasteiger partial charge in [0.15, 0.2) is 23.7 Å². The number of benzene rings is 2. The molecular formula is C20H15BrN2O5. The highest BCUT2D eigenvalue weighted by atomic mass is 79.9. The van der Waals surface area contributed by atoms with Crippen LogP contribution < -0.4 is 9.47 Å². The molecule has 7 nitrogen and oxygen atoms in total. The van der Waals surface area contributed by atoms with Crippen LogP contribution >= 0.6 is 15.9 Å². The van der Waals surface area contributed by atoms with E-state index in [2.05, 4.69) is 27.0 Å². The molecule has 3 rings (SSSR count). The SMILES string of the molecule is CCOc1cc(/C=C(\C#N)c2nc3ccccc3o2)cc(Br)c1OCC(=O)O. The fraction of sp³-hybridized carbons (Fsp3) is 0.150. The molecule has 0 saturated heterocycles. The number of fused-ring (bicyclic) bond motifs is 1. The van der Waals surface area contributed by atoms with Gasteiger partial charge in [0.25, 0.3) is 0 Å². The molecule has 0 fully saturated rings. The van der Waals surface area contributed by atoms with Gasteiger partial charge in [-0.2, -0.15) is 5.26 Å². The zero-order valence-corrected chi connectivity index (χ0v) is 16.4. The highest BCUT2D eigenvalue weighted by molar-refractivity contribution is 9.10. The second kappa shape index (κ2) is 8.59. The summed E-state index contributed by atoms with van der Waals surface area (Å²) in [6.45, 7) is 1.66. The Morgan fingerprint density at radius 3 is 2.82 bits per heavy atom. The van der Waals surface area contributed by atoms with E-state index < -0.39 is 12.6 Å². The van der Waals surface area contributed by atoms with Crippen LogP contribution in [0.15, 0.2) is 45.3 Å². The number of halogens is 1. The van der Waals surface area contributed by atoms with Crippen molar-refractivity contribution in [1.29, 1.82) is 5.26 Å². The molecule has 0 saturated carbocycles. The summed E-state index contributed by atoms with van der Waals surface area (Å²) in [4.78, 5) is 15.1. The van der Waals surface area contributed by atoms with Crippen LogP contribution in [0.2, 0.25) is 0 Å². The third kappa shape index (κ3) is 4.32. The third-order valence-electron chi connectivity index (χ3n) is 3.63. The minimum Gasteiger partial charge on any atom is -0.490 e.